The maximum absolute atomic E-state index is 2.47. The first-order chi connectivity index (χ1) is 28.8. The van der Waals surface area contributed by atoms with Crippen molar-refractivity contribution in [3.8, 4) is 39.3 Å². The molecular weight excluding hydrogens is 723 g/mol. The Morgan fingerprint density at radius 3 is 1.47 bits per heavy atom. The normalized spacial score (nSPS) is 12.4. The van der Waals surface area contributed by atoms with E-state index in [9.17, 15) is 0 Å². The lowest BCUT2D eigenvalue weighted by molar-refractivity contribution is 1.09. The molecule has 4 heterocycles. The number of nitrogens with zero attached hydrogens (tertiary/aromatic N) is 3. The van der Waals surface area contributed by atoms with Crippen molar-refractivity contribution in [3.05, 3.63) is 200 Å². The fourth-order valence-electron chi connectivity index (χ4n) is 9.71. The minimum absolute atomic E-state index is 1.15. The molecule has 3 aromatic heterocycles. The molecule has 0 bridgehead atoms. The van der Waals surface area contributed by atoms with E-state index < -0.39 is 0 Å². The molecule has 58 heavy (non-hydrogen) atoms. The van der Waals surface area contributed by atoms with Crippen LogP contribution in [0.25, 0.3) is 105 Å². The summed E-state index contributed by atoms with van der Waals surface area (Å²) in [5.74, 6) is 0. The van der Waals surface area contributed by atoms with Crippen molar-refractivity contribution in [2.45, 2.75) is 9.79 Å². The van der Waals surface area contributed by atoms with Gasteiger partial charge in [0.05, 0.1) is 38.8 Å². The van der Waals surface area contributed by atoms with Gasteiger partial charge in [-0.25, -0.2) is 0 Å². The number of rotatable bonds is 4. The van der Waals surface area contributed by atoms with Crippen molar-refractivity contribution in [1.82, 2.24) is 13.7 Å². The van der Waals surface area contributed by atoms with E-state index in [0.717, 1.165) is 5.69 Å². The number of benzene rings is 9. The molecule has 270 valence electrons. The Kier molecular flexibility index (Phi) is 6.66. The van der Waals surface area contributed by atoms with Crippen molar-refractivity contribution < 1.29 is 0 Å². The van der Waals surface area contributed by atoms with Gasteiger partial charge in [0, 0.05) is 53.5 Å². The second-order valence-electron chi connectivity index (χ2n) is 15.3. The summed E-state index contributed by atoms with van der Waals surface area (Å²) in [7, 11) is 0. The van der Waals surface area contributed by atoms with Crippen LogP contribution < -0.4 is 0 Å². The van der Waals surface area contributed by atoms with Crippen LogP contribution >= 0.6 is 11.8 Å². The molecule has 0 amide bonds. The van der Waals surface area contributed by atoms with Gasteiger partial charge >= 0.3 is 0 Å². The van der Waals surface area contributed by atoms with Crippen LogP contribution in [0.3, 0.4) is 0 Å². The van der Waals surface area contributed by atoms with E-state index in [4.69, 9.17) is 0 Å². The highest BCUT2D eigenvalue weighted by Crippen LogP contribution is 2.49. The van der Waals surface area contributed by atoms with Gasteiger partial charge < -0.3 is 13.7 Å². The summed E-state index contributed by atoms with van der Waals surface area (Å²) in [6.45, 7) is 0. The van der Waals surface area contributed by atoms with Crippen molar-refractivity contribution in [2.24, 2.45) is 0 Å². The third kappa shape index (κ3) is 4.46. The van der Waals surface area contributed by atoms with Gasteiger partial charge in [-0.1, -0.05) is 139 Å². The maximum atomic E-state index is 2.47. The van der Waals surface area contributed by atoms with E-state index in [1.165, 1.54) is 109 Å². The first kappa shape index (κ1) is 31.9. The van der Waals surface area contributed by atoms with Crippen LogP contribution in [0.2, 0.25) is 0 Å². The molecule has 0 N–H and O–H groups in total. The van der Waals surface area contributed by atoms with E-state index in [-0.39, 0.29) is 0 Å². The van der Waals surface area contributed by atoms with Gasteiger partial charge in [0.25, 0.3) is 0 Å². The Balaban J connectivity index is 0.885. The quantitative estimate of drug-likeness (QED) is 0.175. The molecule has 0 atom stereocenters. The molecule has 0 fully saturated rings. The van der Waals surface area contributed by atoms with E-state index in [1.807, 2.05) is 11.8 Å². The second-order valence-corrected chi connectivity index (χ2v) is 16.4. The summed E-state index contributed by atoms with van der Waals surface area (Å²) in [6, 6.07) is 73.6. The van der Waals surface area contributed by atoms with E-state index in [0.29, 0.717) is 0 Å². The number of aromatic nitrogens is 3. The third-order valence-corrected chi connectivity index (χ3v) is 13.4. The molecule has 0 saturated carbocycles. The van der Waals surface area contributed by atoms with Gasteiger partial charge in [-0.05, 0) is 95.1 Å². The molecule has 0 radical (unpaired) electrons. The molecule has 0 saturated heterocycles. The Labute approximate surface area is 338 Å². The van der Waals surface area contributed by atoms with Crippen LogP contribution in [0.5, 0.6) is 0 Å². The maximum Gasteiger partial charge on any atom is 0.0687 e. The molecule has 1 aliphatic heterocycles. The highest BCUT2D eigenvalue weighted by molar-refractivity contribution is 7.99. The smallest absolute Gasteiger partial charge is 0.0687 e. The van der Waals surface area contributed by atoms with Crippen LogP contribution in [-0.2, 0) is 0 Å². The highest BCUT2D eigenvalue weighted by Gasteiger charge is 2.25. The average Bonchev–Trinajstić information content (AvgIpc) is 3.94. The molecule has 9 aromatic carbocycles. The predicted molar refractivity (Wildman–Crippen MR) is 244 cm³/mol. The second kappa shape index (κ2) is 12.1. The fourth-order valence-corrected chi connectivity index (χ4v) is 10.8. The van der Waals surface area contributed by atoms with Gasteiger partial charge in [0.1, 0.15) is 0 Å². The van der Waals surface area contributed by atoms with Crippen LogP contribution in [0.15, 0.2) is 210 Å². The van der Waals surface area contributed by atoms with Crippen LogP contribution in [0.1, 0.15) is 0 Å². The number of fused-ring (bicyclic) bond motifs is 11. The summed E-state index contributed by atoms with van der Waals surface area (Å²) in [6.07, 6.45) is 0. The van der Waals surface area contributed by atoms with Crippen LogP contribution in [-0.4, -0.2) is 13.7 Å². The molecule has 1 aliphatic rings. The van der Waals surface area contributed by atoms with Crippen LogP contribution in [0, 0.1) is 0 Å². The van der Waals surface area contributed by atoms with Gasteiger partial charge in [-0.2, -0.15) is 0 Å². The highest BCUT2D eigenvalue weighted by atomic mass is 32.2. The van der Waals surface area contributed by atoms with Gasteiger partial charge in [0.15, 0.2) is 0 Å². The summed E-state index contributed by atoms with van der Waals surface area (Å²) >= 11 is 1.87. The van der Waals surface area contributed by atoms with Gasteiger partial charge in [-0.15, -0.1) is 0 Å². The Hall–Kier alpha value is -7.27. The Morgan fingerprint density at radius 2 is 0.793 bits per heavy atom. The topological polar surface area (TPSA) is 14.8 Å². The molecular formula is C54H33N3S. The SMILES string of the molecule is c1ccc2c(c1)Sc1ccc(-c3ccc(-c4ccc(-n5c6ccccc6c6cc(-n7c8ccccc8c8ccccc87)ccc65)cc4)cc3)c3c4ccccc4n-2c13. The molecule has 0 unspecified atom stereocenters. The van der Waals surface area contributed by atoms with E-state index >= 15 is 0 Å². The van der Waals surface area contributed by atoms with Crippen molar-refractivity contribution in [1.29, 1.82) is 0 Å². The Bertz CT molecular complexity index is 3580. The van der Waals surface area contributed by atoms with Crippen molar-refractivity contribution in [2.75, 3.05) is 0 Å². The fraction of sp³-hybridized carbons (Fsp3) is 0. The summed E-state index contributed by atoms with van der Waals surface area (Å²) in [4.78, 5) is 2.60. The lowest BCUT2D eigenvalue weighted by Crippen LogP contribution is -2.01. The van der Waals surface area contributed by atoms with Crippen molar-refractivity contribution in [3.63, 3.8) is 0 Å². The number of hydrogen-bond donors (Lipinski definition) is 0. The molecule has 3 nitrogen and oxygen atoms in total. The Morgan fingerprint density at radius 1 is 0.310 bits per heavy atom. The standard InChI is InChI=1S/C54H33N3S/c1-5-15-45-40(11-1)41-12-2-6-16-46(41)56(45)38-29-31-49-44(33-38)42-13-3-7-17-47(42)55(49)37-27-25-35(26-28-37)34-21-23-36(24-22-34)39-30-32-52-54-53(39)43-14-4-8-18-48(43)57(54)50-19-9-10-20-51(50)58-52/h1-33H. The molecule has 13 rings (SSSR count). The predicted octanol–water partition coefficient (Wildman–Crippen LogP) is 14.8. The zero-order valence-corrected chi connectivity index (χ0v) is 32.1. The van der Waals surface area contributed by atoms with Crippen molar-refractivity contribution >= 4 is 77.2 Å². The average molecular weight is 756 g/mol. The lowest BCUT2D eigenvalue weighted by Gasteiger charge is -2.20. The molecule has 0 aliphatic carbocycles. The zero-order chi connectivity index (χ0) is 37.9. The molecule has 4 heteroatoms. The van der Waals surface area contributed by atoms with E-state index in [2.05, 4.69) is 214 Å². The first-order valence-electron chi connectivity index (χ1n) is 19.8. The minimum atomic E-state index is 1.15. The lowest BCUT2D eigenvalue weighted by atomic mass is 9.97. The zero-order valence-electron chi connectivity index (χ0n) is 31.3. The largest absolute Gasteiger partial charge is 0.309 e. The molecule has 12 aromatic rings. The van der Waals surface area contributed by atoms with Crippen LogP contribution in [0.4, 0.5) is 0 Å². The van der Waals surface area contributed by atoms with Gasteiger partial charge in [0.2, 0.25) is 0 Å². The summed E-state index contributed by atoms with van der Waals surface area (Å²) in [5.41, 5.74) is 15.9. The minimum Gasteiger partial charge on any atom is -0.309 e. The van der Waals surface area contributed by atoms with E-state index in [1.54, 1.807) is 0 Å². The monoisotopic (exact) mass is 755 g/mol. The summed E-state index contributed by atoms with van der Waals surface area (Å²) < 4.78 is 7.28. The molecule has 0 spiro atoms. The number of para-hydroxylation sites is 5. The number of hydrogen-bond acceptors (Lipinski definition) is 1. The first-order valence-corrected chi connectivity index (χ1v) is 20.7. The third-order valence-electron chi connectivity index (χ3n) is 12.3. The van der Waals surface area contributed by atoms with Gasteiger partial charge in [-0.3, -0.25) is 0 Å². The summed E-state index contributed by atoms with van der Waals surface area (Å²) in [5, 5.41) is 7.65.